The van der Waals surface area contributed by atoms with Crippen molar-refractivity contribution in [3.63, 3.8) is 0 Å². The summed E-state index contributed by atoms with van der Waals surface area (Å²) < 4.78 is 0. The molecule has 9 heteroatoms. The number of hydrogen-bond donors (Lipinski definition) is 3. The summed E-state index contributed by atoms with van der Waals surface area (Å²) in [6, 6.07) is 9.87. The van der Waals surface area contributed by atoms with E-state index in [-0.39, 0.29) is 5.91 Å². The number of hydrogen-bond acceptors (Lipinski definition) is 4. The first kappa shape index (κ1) is 27.1. The van der Waals surface area contributed by atoms with Gasteiger partial charge in [0, 0.05) is 42.6 Å². The molecule has 190 valence electrons. The molecule has 1 fully saturated rings. The SMILES string of the molecule is CCN(CC)CCNC(=O)c1cc(NC(=O)Nc2ccc(Cl)cc2Cl)ccc1N1CCC(C)CC1. The maximum Gasteiger partial charge on any atom is 0.323 e. The van der Waals surface area contributed by atoms with Crippen LogP contribution in [0.4, 0.5) is 21.9 Å². The highest BCUT2D eigenvalue weighted by atomic mass is 35.5. The molecular weight excluding hydrogens is 485 g/mol. The molecule has 1 aliphatic rings. The van der Waals surface area contributed by atoms with E-state index >= 15 is 0 Å². The van der Waals surface area contributed by atoms with Crippen LogP contribution >= 0.6 is 23.2 Å². The lowest BCUT2D eigenvalue weighted by molar-refractivity contribution is 0.0949. The third kappa shape index (κ3) is 7.75. The van der Waals surface area contributed by atoms with Crippen molar-refractivity contribution >= 4 is 52.2 Å². The molecule has 2 aromatic rings. The number of carbonyl (C=O) groups excluding carboxylic acids is 2. The molecule has 0 aromatic heterocycles. The number of piperidine rings is 1. The van der Waals surface area contributed by atoms with Crippen LogP contribution in [-0.2, 0) is 0 Å². The largest absolute Gasteiger partial charge is 0.371 e. The van der Waals surface area contributed by atoms with Crippen molar-refractivity contribution in [2.24, 2.45) is 5.92 Å². The molecule has 3 N–H and O–H groups in total. The summed E-state index contributed by atoms with van der Waals surface area (Å²) >= 11 is 12.1. The van der Waals surface area contributed by atoms with E-state index in [1.165, 1.54) is 0 Å². The highest BCUT2D eigenvalue weighted by Gasteiger charge is 2.22. The van der Waals surface area contributed by atoms with Crippen LogP contribution in [0.3, 0.4) is 0 Å². The summed E-state index contributed by atoms with van der Waals surface area (Å²) in [5, 5.41) is 9.41. The fraction of sp³-hybridized carbons (Fsp3) is 0.462. The summed E-state index contributed by atoms with van der Waals surface area (Å²) in [5.74, 6) is 0.539. The number of nitrogens with zero attached hydrogens (tertiary/aromatic N) is 2. The van der Waals surface area contributed by atoms with Gasteiger partial charge in [-0.05, 0) is 68.2 Å². The number of halogens is 2. The van der Waals surface area contributed by atoms with Crippen LogP contribution in [0.25, 0.3) is 0 Å². The van der Waals surface area contributed by atoms with Gasteiger partial charge in [-0.15, -0.1) is 0 Å². The molecule has 1 heterocycles. The van der Waals surface area contributed by atoms with Crippen molar-refractivity contribution in [3.8, 4) is 0 Å². The van der Waals surface area contributed by atoms with Crippen molar-refractivity contribution in [3.05, 3.63) is 52.0 Å². The maximum atomic E-state index is 13.2. The zero-order valence-electron chi connectivity index (χ0n) is 20.7. The van der Waals surface area contributed by atoms with Crippen LogP contribution in [0.15, 0.2) is 36.4 Å². The van der Waals surface area contributed by atoms with Gasteiger partial charge < -0.3 is 25.8 Å². The third-order valence-electron chi connectivity index (χ3n) is 6.41. The van der Waals surface area contributed by atoms with Gasteiger partial charge >= 0.3 is 6.03 Å². The smallest absolute Gasteiger partial charge is 0.323 e. The van der Waals surface area contributed by atoms with Gasteiger partial charge in [0.2, 0.25) is 0 Å². The summed E-state index contributed by atoms with van der Waals surface area (Å²) in [6.45, 7) is 11.5. The molecule has 7 nitrogen and oxygen atoms in total. The number of carbonyl (C=O) groups is 2. The number of benzene rings is 2. The Balaban J connectivity index is 1.76. The van der Waals surface area contributed by atoms with Gasteiger partial charge in [0.25, 0.3) is 5.91 Å². The fourth-order valence-corrected chi connectivity index (χ4v) is 4.61. The molecule has 0 atom stereocenters. The van der Waals surface area contributed by atoms with Crippen LogP contribution in [0, 0.1) is 5.92 Å². The first-order valence-electron chi connectivity index (χ1n) is 12.2. The number of anilines is 3. The second kappa shape index (κ2) is 13.0. The number of amides is 3. The van der Waals surface area contributed by atoms with E-state index in [0.717, 1.165) is 51.3 Å². The fourth-order valence-electron chi connectivity index (χ4n) is 4.16. The Morgan fingerprint density at radius 3 is 2.40 bits per heavy atom. The number of rotatable bonds is 9. The van der Waals surface area contributed by atoms with Crippen molar-refractivity contribution < 1.29 is 9.59 Å². The Morgan fingerprint density at radius 2 is 1.74 bits per heavy atom. The molecule has 3 amide bonds. The normalized spacial score (nSPS) is 14.2. The molecule has 0 spiro atoms. The summed E-state index contributed by atoms with van der Waals surface area (Å²) in [7, 11) is 0. The van der Waals surface area contributed by atoms with Gasteiger partial charge in [-0.2, -0.15) is 0 Å². The van der Waals surface area contributed by atoms with Gasteiger partial charge in [-0.3, -0.25) is 4.79 Å². The van der Waals surface area contributed by atoms with Gasteiger partial charge in [0.15, 0.2) is 0 Å². The Hall–Kier alpha value is -2.48. The Labute approximate surface area is 218 Å². The van der Waals surface area contributed by atoms with Crippen LogP contribution in [0.2, 0.25) is 10.0 Å². The number of nitrogens with one attached hydrogen (secondary N) is 3. The second-order valence-electron chi connectivity index (χ2n) is 8.89. The van der Waals surface area contributed by atoms with Crippen LogP contribution in [-0.4, -0.2) is 56.1 Å². The molecule has 3 rings (SSSR count). The van der Waals surface area contributed by atoms with Gasteiger partial charge in [-0.1, -0.05) is 44.0 Å². The standard InChI is InChI=1S/C26H35Cl2N5O2/c1-4-32(5-2)15-12-29-25(34)21-17-20(7-9-24(21)33-13-10-18(3)11-14-33)30-26(35)31-23-8-6-19(27)16-22(23)28/h6-9,16-18H,4-5,10-15H2,1-3H3,(H,29,34)(H2,30,31,35). The molecule has 0 saturated carbocycles. The van der Waals surface area contributed by atoms with E-state index in [1.807, 2.05) is 12.1 Å². The first-order valence-corrected chi connectivity index (χ1v) is 13.0. The predicted octanol–water partition coefficient (Wildman–Crippen LogP) is 5.95. The number of urea groups is 1. The highest BCUT2D eigenvalue weighted by molar-refractivity contribution is 6.36. The molecule has 0 radical (unpaired) electrons. The topological polar surface area (TPSA) is 76.7 Å². The van der Waals surface area contributed by atoms with Crippen molar-refractivity contribution in [2.75, 3.05) is 54.8 Å². The van der Waals surface area contributed by atoms with E-state index in [4.69, 9.17) is 23.2 Å². The number of likely N-dealkylation sites (N-methyl/N-ethyl adjacent to an activating group) is 1. The minimum atomic E-state index is -0.457. The second-order valence-corrected chi connectivity index (χ2v) is 9.73. The average molecular weight is 521 g/mol. The minimum absolute atomic E-state index is 0.143. The zero-order valence-corrected chi connectivity index (χ0v) is 22.2. The monoisotopic (exact) mass is 519 g/mol. The molecular formula is C26H35Cl2N5O2. The van der Waals surface area contributed by atoms with Crippen molar-refractivity contribution in [2.45, 2.75) is 33.6 Å². The third-order valence-corrected chi connectivity index (χ3v) is 6.96. The Morgan fingerprint density at radius 1 is 1.03 bits per heavy atom. The van der Waals surface area contributed by atoms with E-state index in [1.54, 1.807) is 24.3 Å². The van der Waals surface area contributed by atoms with Gasteiger partial charge in [0.1, 0.15) is 0 Å². The molecule has 35 heavy (non-hydrogen) atoms. The Kier molecular flexibility index (Phi) is 10.1. The lowest BCUT2D eigenvalue weighted by Gasteiger charge is -2.33. The molecule has 1 aliphatic heterocycles. The summed E-state index contributed by atoms with van der Waals surface area (Å²) in [6.07, 6.45) is 2.18. The molecule has 0 aliphatic carbocycles. The predicted molar refractivity (Wildman–Crippen MR) is 146 cm³/mol. The zero-order chi connectivity index (χ0) is 25.4. The van der Waals surface area contributed by atoms with Gasteiger partial charge in [-0.25, -0.2) is 4.79 Å². The molecule has 0 bridgehead atoms. The first-order chi connectivity index (χ1) is 16.8. The van der Waals surface area contributed by atoms with Crippen molar-refractivity contribution in [1.29, 1.82) is 0 Å². The molecule has 1 saturated heterocycles. The lowest BCUT2D eigenvalue weighted by Crippen LogP contribution is -2.37. The average Bonchev–Trinajstić information content (AvgIpc) is 2.84. The van der Waals surface area contributed by atoms with Crippen LogP contribution in [0.5, 0.6) is 0 Å². The quantitative estimate of drug-likeness (QED) is 0.382. The highest BCUT2D eigenvalue weighted by Crippen LogP contribution is 2.29. The van der Waals surface area contributed by atoms with Crippen LogP contribution < -0.4 is 20.9 Å². The summed E-state index contributed by atoms with van der Waals surface area (Å²) in [5.41, 5.74) is 2.42. The van der Waals surface area contributed by atoms with E-state index in [9.17, 15) is 9.59 Å². The Bertz CT molecular complexity index is 1020. The van der Waals surface area contributed by atoms with E-state index in [0.29, 0.717) is 39.4 Å². The lowest BCUT2D eigenvalue weighted by atomic mass is 9.98. The van der Waals surface area contributed by atoms with Crippen molar-refractivity contribution in [1.82, 2.24) is 10.2 Å². The summed E-state index contributed by atoms with van der Waals surface area (Å²) in [4.78, 5) is 30.3. The van der Waals surface area contributed by atoms with E-state index < -0.39 is 6.03 Å². The minimum Gasteiger partial charge on any atom is -0.371 e. The van der Waals surface area contributed by atoms with E-state index in [2.05, 4.69) is 46.5 Å². The molecule has 2 aromatic carbocycles. The molecule has 0 unspecified atom stereocenters. The van der Waals surface area contributed by atoms with Gasteiger partial charge in [0.05, 0.1) is 16.3 Å². The van der Waals surface area contributed by atoms with Crippen LogP contribution in [0.1, 0.15) is 44.0 Å². The maximum absolute atomic E-state index is 13.2.